The van der Waals surface area contributed by atoms with Gasteiger partial charge in [-0.25, -0.2) is 0 Å². The summed E-state index contributed by atoms with van der Waals surface area (Å²) in [4.78, 5) is 0. The minimum Gasteiger partial charge on any atom is -0.316 e. The highest BCUT2D eigenvalue weighted by Gasteiger charge is 2.29. The Balaban J connectivity index is 1.89. The molecule has 1 aliphatic heterocycles. The van der Waals surface area contributed by atoms with Gasteiger partial charge in [-0.3, -0.25) is 0 Å². The van der Waals surface area contributed by atoms with Crippen LogP contribution in [0.1, 0.15) is 52.4 Å². The minimum absolute atomic E-state index is 0.974. The standard InChI is InChI=1S/C14H27N/c1-11-7-12(2)9-14(8-11)13-5-3-4-6-15-10-13/h11-15H,3-10H2,1-2H3. The molecular weight excluding hydrogens is 182 g/mol. The Labute approximate surface area is 95.0 Å². The molecule has 0 amide bonds. The lowest BCUT2D eigenvalue weighted by Crippen LogP contribution is -2.31. The maximum absolute atomic E-state index is 3.62. The Morgan fingerprint density at radius 3 is 2.33 bits per heavy atom. The van der Waals surface area contributed by atoms with Crippen LogP contribution >= 0.6 is 0 Å². The van der Waals surface area contributed by atoms with Crippen LogP contribution in [-0.2, 0) is 0 Å². The normalized spacial score (nSPS) is 43.6. The summed E-state index contributed by atoms with van der Waals surface area (Å²) in [5, 5.41) is 3.62. The fourth-order valence-electron chi connectivity index (χ4n) is 3.84. The molecule has 2 aliphatic rings. The first-order valence-corrected chi connectivity index (χ1v) is 6.96. The van der Waals surface area contributed by atoms with Crippen LogP contribution in [0.3, 0.4) is 0 Å². The predicted octanol–water partition coefficient (Wildman–Crippen LogP) is 3.45. The smallest absolute Gasteiger partial charge is 0.00179 e. The van der Waals surface area contributed by atoms with Gasteiger partial charge in [0, 0.05) is 0 Å². The van der Waals surface area contributed by atoms with Crippen molar-refractivity contribution in [1.29, 1.82) is 0 Å². The van der Waals surface area contributed by atoms with Crippen LogP contribution in [0.2, 0.25) is 0 Å². The van der Waals surface area contributed by atoms with Gasteiger partial charge in [-0.15, -0.1) is 0 Å². The van der Waals surface area contributed by atoms with Gasteiger partial charge in [-0.2, -0.15) is 0 Å². The third-order valence-electron chi connectivity index (χ3n) is 4.47. The Hall–Kier alpha value is -0.0400. The molecule has 1 saturated carbocycles. The van der Waals surface area contributed by atoms with Gasteiger partial charge in [0.15, 0.2) is 0 Å². The summed E-state index contributed by atoms with van der Waals surface area (Å²) in [7, 11) is 0. The third kappa shape index (κ3) is 3.21. The molecule has 1 nitrogen and oxygen atoms in total. The van der Waals surface area contributed by atoms with Crippen LogP contribution in [0.25, 0.3) is 0 Å². The van der Waals surface area contributed by atoms with E-state index in [1.54, 1.807) is 0 Å². The fraction of sp³-hybridized carbons (Fsp3) is 1.00. The van der Waals surface area contributed by atoms with Crippen LogP contribution in [0, 0.1) is 23.7 Å². The van der Waals surface area contributed by atoms with Gasteiger partial charge in [0.2, 0.25) is 0 Å². The van der Waals surface area contributed by atoms with E-state index in [0.717, 1.165) is 23.7 Å². The van der Waals surface area contributed by atoms with Crippen LogP contribution in [0.4, 0.5) is 0 Å². The molecule has 3 unspecified atom stereocenters. The number of hydrogen-bond donors (Lipinski definition) is 1. The molecule has 15 heavy (non-hydrogen) atoms. The fourth-order valence-corrected chi connectivity index (χ4v) is 3.84. The summed E-state index contributed by atoms with van der Waals surface area (Å²) in [6, 6.07) is 0. The zero-order chi connectivity index (χ0) is 10.7. The molecule has 1 heterocycles. The van der Waals surface area contributed by atoms with Gasteiger partial charge in [0.25, 0.3) is 0 Å². The van der Waals surface area contributed by atoms with E-state index in [2.05, 4.69) is 19.2 Å². The molecule has 0 aromatic heterocycles. The third-order valence-corrected chi connectivity index (χ3v) is 4.47. The molecule has 2 fully saturated rings. The van der Waals surface area contributed by atoms with Crippen molar-refractivity contribution in [2.24, 2.45) is 23.7 Å². The maximum Gasteiger partial charge on any atom is -0.00179 e. The first kappa shape index (κ1) is 11.4. The van der Waals surface area contributed by atoms with Crippen LogP contribution in [0.15, 0.2) is 0 Å². The van der Waals surface area contributed by atoms with E-state index in [-0.39, 0.29) is 0 Å². The zero-order valence-electron chi connectivity index (χ0n) is 10.5. The summed E-state index contributed by atoms with van der Waals surface area (Å²) < 4.78 is 0. The largest absolute Gasteiger partial charge is 0.316 e. The second-order valence-electron chi connectivity index (χ2n) is 6.14. The molecule has 0 spiro atoms. The van der Waals surface area contributed by atoms with E-state index in [9.17, 15) is 0 Å². The van der Waals surface area contributed by atoms with Crippen molar-refractivity contribution in [1.82, 2.24) is 5.32 Å². The highest BCUT2D eigenvalue weighted by molar-refractivity contribution is 4.82. The molecule has 1 N–H and O–H groups in total. The molecule has 1 aliphatic carbocycles. The number of hydrogen-bond acceptors (Lipinski definition) is 1. The Bertz CT molecular complexity index is 172. The van der Waals surface area contributed by atoms with Crippen molar-refractivity contribution in [2.45, 2.75) is 52.4 Å². The van der Waals surface area contributed by atoms with E-state index in [4.69, 9.17) is 0 Å². The second-order valence-corrected chi connectivity index (χ2v) is 6.14. The quantitative estimate of drug-likeness (QED) is 0.697. The van der Waals surface area contributed by atoms with E-state index in [0.29, 0.717) is 0 Å². The van der Waals surface area contributed by atoms with E-state index in [1.165, 1.54) is 51.6 Å². The molecule has 88 valence electrons. The van der Waals surface area contributed by atoms with Crippen molar-refractivity contribution in [3.8, 4) is 0 Å². The van der Waals surface area contributed by atoms with Crippen LogP contribution in [-0.4, -0.2) is 13.1 Å². The summed E-state index contributed by atoms with van der Waals surface area (Å²) in [6.07, 6.45) is 8.80. The lowest BCUT2D eigenvalue weighted by Gasteiger charge is -2.36. The number of rotatable bonds is 1. The average Bonchev–Trinajstić information content (AvgIpc) is 2.43. The molecule has 0 radical (unpaired) electrons. The summed E-state index contributed by atoms with van der Waals surface area (Å²) >= 11 is 0. The summed E-state index contributed by atoms with van der Waals surface area (Å²) in [5.41, 5.74) is 0. The average molecular weight is 209 g/mol. The molecule has 0 aromatic carbocycles. The zero-order valence-corrected chi connectivity index (χ0v) is 10.5. The van der Waals surface area contributed by atoms with Crippen molar-refractivity contribution < 1.29 is 0 Å². The summed E-state index contributed by atoms with van der Waals surface area (Å²) in [6.45, 7) is 7.46. The first-order chi connectivity index (χ1) is 7.25. The molecule has 2 rings (SSSR count). The highest BCUT2D eigenvalue weighted by atomic mass is 14.9. The van der Waals surface area contributed by atoms with Crippen LogP contribution in [0.5, 0.6) is 0 Å². The lowest BCUT2D eigenvalue weighted by molar-refractivity contribution is 0.155. The van der Waals surface area contributed by atoms with E-state index >= 15 is 0 Å². The molecule has 1 saturated heterocycles. The van der Waals surface area contributed by atoms with Gasteiger partial charge in [0.1, 0.15) is 0 Å². The highest BCUT2D eigenvalue weighted by Crippen LogP contribution is 2.38. The van der Waals surface area contributed by atoms with Gasteiger partial charge >= 0.3 is 0 Å². The minimum atomic E-state index is 0.974. The van der Waals surface area contributed by atoms with Crippen molar-refractivity contribution in [3.05, 3.63) is 0 Å². The van der Waals surface area contributed by atoms with Crippen molar-refractivity contribution in [2.75, 3.05) is 13.1 Å². The van der Waals surface area contributed by atoms with Gasteiger partial charge < -0.3 is 5.32 Å². The molecule has 0 aromatic rings. The lowest BCUT2D eigenvalue weighted by atomic mass is 9.70. The predicted molar refractivity (Wildman–Crippen MR) is 65.9 cm³/mol. The van der Waals surface area contributed by atoms with E-state index < -0.39 is 0 Å². The number of nitrogens with one attached hydrogen (secondary N) is 1. The molecular formula is C14H27N. The summed E-state index contributed by atoms with van der Waals surface area (Å²) in [5.74, 6) is 3.95. The van der Waals surface area contributed by atoms with Gasteiger partial charge in [-0.1, -0.05) is 20.3 Å². The SMILES string of the molecule is CC1CC(C)CC(C2CCCCNC2)C1. The van der Waals surface area contributed by atoms with Crippen LogP contribution < -0.4 is 5.32 Å². The maximum atomic E-state index is 3.62. The monoisotopic (exact) mass is 209 g/mol. The van der Waals surface area contributed by atoms with E-state index in [1.807, 2.05) is 0 Å². The topological polar surface area (TPSA) is 12.0 Å². The molecule has 1 heteroatoms. The Morgan fingerprint density at radius 2 is 1.60 bits per heavy atom. The Kier molecular flexibility index (Phi) is 4.07. The van der Waals surface area contributed by atoms with Gasteiger partial charge in [-0.05, 0) is 68.9 Å². The molecule has 3 atom stereocenters. The second kappa shape index (κ2) is 5.34. The first-order valence-electron chi connectivity index (χ1n) is 6.96. The molecule has 0 bridgehead atoms. The van der Waals surface area contributed by atoms with Crippen molar-refractivity contribution in [3.63, 3.8) is 0 Å². The van der Waals surface area contributed by atoms with Crippen molar-refractivity contribution >= 4 is 0 Å². The van der Waals surface area contributed by atoms with Gasteiger partial charge in [0.05, 0.1) is 0 Å². The Morgan fingerprint density at radius 1 is 0.867 bits per heavy atom.